The van der Waals surface area contributed by atoms with Gasteiger partial charge in [-0.15, -0.1) is 0 Å². The largest absolute Gasteiger partial charge is 0.504 e. The van der Waals surface area contributed by atoms with Crippen molar-refractivity contribution in [2.24, 2.45) is 5.92 Å². The maximum absolute atomic E-state index is 12.6. The van der Waals surface area contributed by atoms with Crippen molar-refractivity contribution < 1.29 is 23.0 Å². The van der Waals surface area contributed by atoms with Gasteiger partial charge in [-0.2, -0.15) is 13.2 Å². The summed E-state index contributed by atoms with van der Waals surface area (Å²) in [7, 11) is 1.50. The number of hydrogen-bond acceptors (Lipinski definition) is 3. The van der Waals surface area contributed by atoms with E-state index in [0.29, 0.717) is 25.1 Å². The first-order chi connectivity index (χ1) is 10.4. The van der Waals surface area contributed by atoms with E-state index in [9.17, 15) is 18.3 Å². The van der Waals surface area contributed by atoms with Gasteiger partial charge in [0.2, 0.25) is 0 Å². The van der Waals surface area contributed by atoms with Crippen LogP contribution in [0.5, 0.6) is 11.5 Å². The van der Waals surface area contributed by atoms with Crippen molar-refractivity contribution in [1.29, 1.82) is 0 Å². The first kappa shape index (κ1) is 16.9. The molecule has 0 aromatic heterocycles. The molecule has 0 bridgehead atoms. The van der Waals surface area contributed by atoms with E-state index in [2.05, 4.69) is 5.32 Å². The van der Waals surface area contributed by atoms with E-state index in [1.165, 1.54) is 7.11 Å². The van der Waals surface area contributed by atoms with Gasteiger partial charge in [0.05, 0.1) is 13.0 Å². The Hall–Kier alpha value is -1.43. The van der Waals surface area contributed by atoms with Gasteiger partial charge in [0, 0.05) is 6.04 Å². The normalized spacial score (nSPS) is 22.5. The predicted octanol–water partition coefficient (Wildman–Crippen LogP) is 3.65. The second-order valence-corrected chi connectivity index (χ2v) is 5.80. The number of phenolic OH excluding ortho intramolecular Hbond substituents is 1. The number of ether oxygens (including phenoxy) is 1. The number of alkyl halides is 3. The minimum atomic E-state index is -4.05. The summed E-state index contributed by atoms with van der Waals surface area (Å²) in [6.45, 7) is 0.704. The van der Waals surface area contributed by atoms with E-state index in [1.54, 1.807) is 12.1 Å². The van der Waals surface area contributed by atoms with Crippen LogP contribution in [0.15, 0.2) is 18.2 Å². The Kier molecular flexibility index (Phi) is 5.56. The molecule has 3 nitrogen and oxygen atoms in total. The van der Waals surface area contributed by atoms with Gasteiger partial charge < -0.3 is 15.2 Å². The van der Waals surface area contributed by atoms with E-state index in [0.717, 1.165) is 12.0 Å². The second-order valence-electron chi connectivity index (χ2n) is 5.80. The second kappa shape index (κ2) is 7.22. The molecule has 2 rings (SSSR count). The highest BCUT2D eigenvalue weighted by Crippen LogP contribution is 2.37. The SMILES string of the molecule is COc1cc(CCNC2CCC(C(F)(F)F)CC2)ccc1O. The highest BCUT2D eigenvalue weighted by atomic mass is 19.4. The standard InChI is InChI=1S/C16H22F3NO2/c1-22-15-10-11(2-7-14(15)21)8-9-20-13-5-3-12(4-6-13)16(17,18)19/h2,7,10,12-13,20-21H,3-6,8-9H2,1H3. The third-order valence-corrected chi connectivity index (χ3v) is 4.28. The molecule has 2 N–H and O–H groups in total. The number of rotatable bonds is 5. The highest BCUT2D eigenvalue weighted by molar-refractivity contribution is 5.41. The van der Waals surface area contributed by atoms with Gasteiger partial charge in [-0.3, -0.25) is 0 Å². The molecule has 0 amide bonds. The van der Waals surface area contributed by atoms with Crippen LogP contribution in [0, 0.1) is 5.92 Å². The van der Waals surface area contributed by atoms with Gasteiger partial charge in [-0.05, 0) is 56.3 Å². The molecule has 1 aromatic rings. The van der Waals surface area contributed by atoms with E-state index >= 15 is 0 Å². The van der Waals surface area contributed by atoms with Crippen LogP contribution < -0.4 is 10.1 Å². The lowest BCUT2D eigenvalue weighted by Gasteiger charge is -2.30. The summed E-state index contributed by atoms with van der Waals surface area (Å²) in [6, 6.07) is 5.35. The van der Waals surface area contributed by atoms with Gasteiger partial charge in [0.25, 0.3) is 0 Å². The van der Waals surface area contributed by atoms with Crippen LogP contribution in [0.4, 0.5) is 13.2 Å². The lowest BCUT2D eigenvalue weighted by atomic mass is 9.85. The average Bonchev–Trinajstić information content (AvgIpc) is 2.48. The summed E-state index contributed by atoms with van der Waals surface area (Å²) in [5.41, 5.74) is 1.02. The van der Waals surface area contributed by atoms with Crippen molar-refractivity contribution in [1.82, 2.24) is 5.32 Å². The van der Waals surface area contributed by atoms with Gasteiger partial charge in [0.15, 0.2) is 11.5 Å². The smallest absolute Gasteiger partial charge is 0.391 e. The molecule has 0 aliphatic heterocycles. The third-order valence-electron chi connectivity index (χ3n) is 4.28. The maximum atomic E-state index is 12.6. The maximum Gasteiger partial charge on any atom is 0.391 e. The molecule has 1 aliphatic carbocycles. The van der Waals surface area contributed by atoms with Crippen LogP contribution in [0.2, 0.25) is 0 Å². The number of methoxy groups -OCH3 is 1. The first-order valence-corrected chi connectivity index (χ1v) is 7.56. The van der Waals surface area contributed by atoms with Crippen LogP contribution in [-0.2, 0) is 6.42 Å². The van der Waals surface area contributed by atoms with Crippen molar-refractivity contribution >= 4 is 0 Å². The fraction of sp³-hybridized carbons (Fsp3) is 0.625. The molecule has 1 aliphatic rings. The number of phenols is 1. The molecular weight excluding hydrogens is 295 g/mol. The summed E-state index contributed by atoms with van der Waals surface area (Å²) in [4.78, 5) is 0. The van der Waals surface area contributed by atoms with E-state index in [1.807, 2.05) is 6.07 Å². The molecule has 22 heavy (non-hydrogen) atoms. The molecule has 0 atom stereocenters. The molecule has 1 saturated carbocycles. The van der Waals surface area contributed by atoms with E-state index in [4.69, 9.17) is 4.74 Å². The number of nitrogens with one attached hydrogen (secondary N) is 1. The first-order valence-electron chi connectivity index (χ1n) is 7.56. The Balaban J connectivity index is 1.74. The van der Waals surface area contributed by atoms with Gasteiger partial charge >= 0.3 is 6.18 Å². The molecule has 0 saturated heterocycles. The minimum absolute atomic E-state index is 0.102. The lowest BCUT2D eigenvalue weighted by Crippen LogP contribution is -2.37. The molecule has 1 fully saturated rings. The predicted molar refractivity (Wildman–Crippen MR) is 78.2 cm³/mol. The van der Waals surface area contributed by atoms with Crippen molar-refractivity contribution in [3.63, 3.8) is 0 Å². The van der Waals surface area contributed by atoms with Crippen molar-refractivity contribution in [3.05, 3.63) is 23.8 Å². The van der Waals surface area contributed by atoms with Crippen molar-refractivity contribution in [2.75, 3.05) is 13.7 Å². The molecule has 0 radical (unpaired) electrons. The van der Waals surface area contributed by atoms with Crippen LogP contribution in [-0.4, -0.2) is 31.0 Å². The lowest BCUT2D eigenvalue weighted by molar-refractivity contribution is -0.182. The molecular formula is C16H22F3NO2. The summed E-state index contributed by atoms with van der Waals surface area (Å²) < 4.78 is 42.8. The van der Waals surface area contributed by atoms with Gasteiger partial charge in [-0.1, -0.05) is 6.07 Å². The number of benzene rings is 1. The molecule has 6 heteroatoms. The number of hydrogen-bond donors (Lipinski definition) is 2. The Morgan fingerprint density at radius 3 is 2.50 bits per heavy atom. The average molecular weight is 317 g/mol. The van der Waals surface area contributed by atoms with Gasteiger partial charge in [-0.25, -0.2) is 0 Å². The monoisotopic (exact) mass is 317 g/mol. The Morgan fingerprint density at radius 1 is 1.23 bits per heavy atom. The third kappa shape index (κ3) is 4.53. The van der Waals surface area contributed by atoms with Gasteiger partial charge in [0.1, 0.15) is 0 Å². The molecule has 0 heterocycles. The van der Waals surface area contributed by atoms with E-state index in [-0.39, 0.29) is 24.6 Å². The molecule has 124 valence electrons. The fourth-order valence-corrected chi connectivity index (χ4v) is 2.92. The number of aromatic hydroxyl groups is 1. The van der Waals surface area contributed by atoms with Crippen LogP contribution >= 0.6 is 0 Å². The summed E-state index contributed by atoms with van der Waals surface area (Å²) in [6.07, 6.45) is -1.72. The Labute approximate surface area is 128 Å². The zero-order valence-electron chi connectivity index (χ0n) is 12.6. The minimum Gasteiger partial charge on any atom is -0.504 e. The zero-order valence-corrected chi connectivity index (χ0v) is 12.6. The Morgan fingerprint density at radius 2 is 1.91 bits per heavy atom. The summed E-state index contributed by atoms with van der Waals surface area (Å²) >= 11 is 0. The molecule has 0 spiro atoms. The van der Waals surface area contributed by atoms with Crippen LogP contribution in [0.1, 0.15) is 31.2 Å². The summed E-state index contributed by atoms with van der Waals surface area (Å²) in [5.74, 6) is -0.597. The van der Waals surface area contributed by atoms with Crippen LogP contribution in [0.3, 0.4) is 0 Å². The highest BCUT2D eigenvalue weighted by Gasteiger charge is 2.41. The van der Waals surface area contributed by atoms with E-state index < -0.39 is 12.1 Å². The number of halogens is 3. The molecule has 1 aromatic carbocycles. The fourth-order valence-electron chi connectivity index (χ4n) is 2.92. The topological polar surface area (TPSA) is 41.5 Å². The summed E-state index contributed by atoms with van der Waals surface area (Å²) in [5, 5.41) is 12.8. The molecule has 0 unspecified atom stereocenters. The van der Waals surface area contributed by atoms with Crippen molar-refractivity contribution in [3.8, 4) is 11.5 Å². The Bertz CT molecular complexity index is 483. The van der Waals surface area contributed by atoms with Crippen LogP contribution in [0.25, 0.3) is 0 Å². The zero-order chi connectivity index (χ0) is 16.2. The van der Waals surface area contributed by atoms with Crippen molar-refractivity contribution in [2.45, 2.75) is 44.3 Å². The quantitative estimate of drug-likeness (QED) is 0.871.